The van der Waals surface area contributed by atoms with Crippen LogP contribution in [0.1, 0.15) is 50.4 Å². The summed E-state index contributed by atoms with van der Waals surface area (Å²) in [5.41, 5.74) is 4.49. The van der Waals surface area contributed by atoms with Crippen LogP contribution in [0.15, 0.2) is 66.7 Å². The van der Waals surface area contributed by atoms with E-state index in [0.717, 1.165) is 27.8 Å². The van der Waals surface area contributed by atoms with Crippen molar-refractivity contribution in [3.63, 3.8) is 0 Å². The zero-order chi connectivity index (χ0) is 25.9. The van der Waals surface area contributed by atoms with Gasteiger partial charge in [-0.3, -0.25) is 4.79 Å². The normalized spacial score (nSPS) is 23.9. The molecular weight excluding hydrogens is 484 g/mol. The smallest absolute Gasteiger partial charge is 0.263 e. The maximum absolute atomic E-state index is 13.2. The first-order chi connectivity index (χ1) is 17.7. The summed E-state index contributed by atoms with van der Waals surface area (Å²) in [5, 5.41) is 3.93. The molecule has 0 spiro atoms. The second kappa shape index (κ2) is 8.52. The van der Waals surface area contributed by atoms with Gasteiger partial charge in [-0.2, -0.15) is 0 Å². The fraction of sp³-hybridized carbons (Fsp3) is 0.333. The number of carbonyl (C=O) groups is 1. The third-order valence-corrected chi connectivity index (χ3v) is 9.53. The summed E-state index contributed by atoms with van der Waals surface area (Å²) in [6, 6.07) is 19.8. The molecule has 1 amide bonds. The van der Waals surface area contributed by atoms with Crippen LogP contribution < -0.4 is 10.1 Å². The van der Waals surface area contributed by atoms with E-state index in [0.29, 0.717) is 33.7 Å². The molecule has 0 radical (unpaired) electrons. The molecule has 6 rings (SSSR count). The number of nitrogens with zero attached hydrogens (tertiary/aromatic N) is 2. The lowest BCUT2D eigenvalue weighted by atomic mass is 9.69. The highest BCUT2D eigenvalue weighted by molar-refractivity contribution is 6.30. The van der Waals surface area contributed by atoms with Crippen molar-refractivity contribution in [2.45, 2.75) is 46.1 Å². The number of hydrogen-bond acceptors (Lipinski definition) is 3. The lowest BCUT2D eigenvalue weighted by Crippen LogP contribution is -2.46. The molecule has 6 nitrogen and oxygen atoms in total. The third kappa shape index (κ3) is 3.86. The lowest BCUT2D eigenvalue weighted by Gasteiger charge is -2.39. The van der Waals surface area contributed by atoms with E-state index in [-0.39, 0.29) is 22.8 Å². The average molecular weight is 514 g/mol. The van der Waals surface area contributed by atoms with Gasteiger partial charge in [0.25, 0.3) is 17.3 Å². The van der Waals surface area contributed by atoms with Gasteiger partial charge in [0.1, 0.15) is 5.82 Å². The van der Waals surface area contributed by atoms with Crippen LogP contribution in [0.25, 0.3) is 22.4 Å². The summed E-state index contributed by atoms with van der Waals surface area (Å²) in [7, 11) is 0. The van der Waals surface area contributed by atoms with Crippen LogP contribution in [0, 0.1) is 21.7 Å². The first-order valence-electron chi connectivity index (χ1n) is 12.8. The zero-order valence-corrected chi connectivity index (χ0v) is 22.0. The Labute approximate surface area is 221 Å². The first kappa shape index (κ1) is 23.9. The molecule has 7 heteroatoms. The van der Waals surface area contributed by atoms with Crippen LogP contribution in [-0.2, 0) is 0 Å². The summed E-state index contributed by atoms with van der Waals surface area (Å²) in [6.45, 7) is 7.05. The Morgan fingerprint density at radius 2 is 1.70 bits per heavy atom. The minimum absolute atomic E-state index is 0.0327. The standard InChI is InChI=1S/C30H29ClN4O2/c1-29(2)20-14-15-30(29,3)26(17-20)34-28(36)19-6-13-24-25(16-19)33-27(32-24)18-4-9-22(10-5-18)35(37)23-11-7-21(31)8-12-23/h4-13,16,20,26H,14-15,17H2,1-3H3,(H-,32,33,34,36,37)/p+1. The largest absolute Gasteiger partial charge is 0.349 e. The molecule has 2 N–H and O–H groups in total. The van der Waals surface area contributed by atoms with E-state index < -0.39 is 0 Å². The maximum Gasteiger partial charge on any atom is 0.263 e. The van der Waals surface area contributed by atoms with Crippen molar-refractivity contribution in [3.8, 4) is 11.4 Å². The van der Waals surface area contributed by atoms with Crippen molar-refractivity contribution in [1.82, 2.24) is 20.0 Å². The Morgan fingerprint density at radius 1 is 1.03 bits per heavy atom. The number of aromatic amines is 1. The monoisotopic (exact) mass is 513 g/mol. The minimum Gasteiger partial charge on any atom is -0.349 e. The molecule has 2 saturated carbocycles. The molecule has 0 aliphatic heterocycles. The quantitative estimate of drug-likeness (QED) is 0.272. The molecule has 1 heterocycles. The Bertz CT molecular complexity index is 1520. The van der Waals surface area contributed by atoms with Crippen LogP contribution in [0.3, 0.4) is 0 Å². The van der Waals surface area contributed by atoms with Gasteiger partial charge in [0.15, 0.2) is 0 Å². The van der Waals surface area contributed by atoms with Gasteiger partial charge >= 0.3 is 0 Å². The van der Waals surface area contributed by atoms with E-state index in [9.17, 15) is 9.70 Å². The fourth-order valence-electron chi connectivity index (χ4n) is 6.43. The number of rotatable bonds is 5. The van der Waals surface area contributed by atoms with Crippen LogP contribution >= 0.6 is 11.6 Å². The van der Waals surface area contributed by atoms with Gasteiger partial charge < -0.3 is 10.3 Å². The molecule has 1 aromatic heterocycles. The molecule has 3 atom stereocenters. The topological polar surface area (TPSA) is 77.9 Å². The molecule has 37 heavy (non-hydrogen) atoms. The molecule has 2 aliphatic carbocycles. The first-order valence-corrected chi connectivity index (χ1v) is 13.2. The van der Waals surface area contributed by atoms with Crippen molar-refractivity contribution in [1.29, 1.82) is 0 Å². The van der Waals surface area contributed by atoms with E-state index in [1.54, 1.807) is 36.4 Å². The number of imidazole rings is 1. The Hall–Kier alpha value is -3.51. The number of halogens is 1. The molecule has 2 aliphatic rings. The van der Waals surface area contributed by atoms with Gasteiger partial charge in [-0.15, -0.1) is 0 Å². The van der Waals surface area contributed by atoms with Gasteiger partial charge in [0, 0.05) is 51.4 Å². The van der Waals surface area contributed by atoms with Gasteiger partial charge in [0.2, 0.25) is 0 Å². The van der Waals surface area contributed by atoms with E-state index in [4.69, 9.17) is 16.6 Å². The van der Waals surface area contributed by atoms with Gasteiger partial charge in [-0.05, 0) is 78.5 Å². The Balaban J connectivity index is 1.20. The summed E-state index contributed by atoms with van der Waals surface area (Å²) in [4.78, 5) is 33.9. The van der Waals surface area contributed by atoms with E-state index in [2.05, 4.69) is 31.1 Å². The zero-order valence-electron chi connectivity index (χ0n) is 21.2. The summed E-state index contributed by atoms with van der Waals surface area (Å²) in [6.07, 6.45) is 3.48. The van der Waals surface area contributed by atoms with Crippen LogP contribution in [-0.4, -0.2) is 21.9 Å². The highest BCUT2D eigenvalue weighted by atomic mass is 35.5. The highest BCUT2D eigenvalue weighted by Gasteiger charge is 2.61. The number of H-pyrrole nitrogens is 1. The van der Waals surface area contributed by atoms with Crippen molar-refractivity contribution >= 4 is 39.9 Å². The van der Waals surface area contributed by atoms with Crippen LogP contribution in [0.2, 0.25) is 5.02 Å². The van der Waals surface area contributed by atoms with Gasteiger partial charge in [-0.25, -0.2) is 4.98 Å². The lowest BCUT2D eigenvalue weighted by molar-refractivity contribution is 0.0826. The highest BCUT2D eigenvalue weighted by Crippen LogP contribution is 2.65. The number of aromatic nitrogens is 2. The van der Waals surface area contributed by atoms with Crippen molar-refractivity contribution < 1.29 is 4.79 Å². The molecule has 188 valence electrons. The van der Waals surface area contributed by atoms with E-state index in [1.165, 1.54) is 12.8 Å². The van der Waals surface area contributed by atoms with Crippen molar-refractivity contribution in [2.75, 3.05) is 0 Å². The summed E-state index contributed by atoms with van der Waals surface area (Å²) in [5.74, 6) is 1.33. The molecule has 2 fully saturated rings. The molecule has 0 saturated heterocycles. The summed E-state index contributed by atoms with van der Waals surface area (Å²) < 4.78 is 0.862. The number of hydrogen-bond donors (Lipinski definition) is 2. The fourth-order valence-corrected chi connectivity index (χ4v) is 6.56. The molecule has 2 bridgehead atoms. The van der Waals surface area contributed by atoms with Crippen molar-refractivity contribution in [3.05, 3.63) is 82.2 Å². The second-order valence-corrected chi connectivity index (χ2v) is 11.7. The number of carbonyl (C=O) groups excluding carboxylic acids is 1. The Kier molecular flexibility index (Phi) is 5.50. The van der Waals surface area contributed by atoms with E-state index >= 15 is 0 Å². The molecular formula is C30H30ClN4O2+. The van der Waals surface area contributed by atoms with Gasteiger partial charge in [-0.1, -0.05) is 32.4 Å². The minimum atomic E-state index is -0.0327. The average Bonchev–Trinajstić information content (AvgIpc) is 3.48. The number of benzene rings is 3. The Morgan fingerprint density at radius 3 is 2.32 bits per heavy atom. The maximum atomic E-state index is 13.2. The van der Waals surface area contributed by atoms with Crippen molar-refractivity contribution in [2.24, 2.45) is 16.7 Å². The predicted molar refractivity (Wildman–Crippen MR) is 148 cm³/mol. The van der Waals surface area contributed by atoms with Gasteiger partial charge in [0.05, 0.1) is 15.8 Å². The van der Waals surface area contributed by atoms with Crippen LogP contribution in [0.4, 0.5) is 11.4 Å². The number of nitroso groups, excluding NO2 is 1. The second-order valence-electron chi connectivity index (χ2n) is 11.3. The number of nitrogens with one attached hydrogen (secondary N) is 2. The molecule has 3 unspecified atom stereocenters. The molecule has 3 aromatic carbocycles. The summed E-state index contributed by atoms with van der Waals surface area (Å²) >= 11 is 5.93. The van der Waals surface area contributed by atoms with E-state index in [1.807, 2.05) is 30.3 Å². The SMILES string of the molecule is CC1(C)C2CCC1(C)C(NC(=O)c1ccc3nc(-c4ccc([N+](=O)c5ccc(Cl)cc5)cc4)[nH]c3c1)C2. The predicted octanol–water partition coefficient (Wildman–Crippen LogP) is 7.43. The molecule has 4 aromatic rings. The number of fused-ring (bicyclic) bond motifs is 3. The van der Waals surface area contributed by atoms with Crippen LogP contribution in [0.5, 0.6) is 0 Å². The number of amides is 1. The third-order valence-electron chi connectivity index (χ3n) is 9.28.